The Labute approximate surface area is 95.4 Å². The first-order valence-corrected chi connectivity index (χ1v) is 5.86. The van der Waals surface area contributed by atoms with Crippen LogP contribution in [-0.2, 0) is 14.3 Å². The van der Waals surface area contributed by atoms with Crippen LogP contribution in [-0.4, -0.2) is 37.7 Å². The van der Waals surface area contributed by atoms with E-state index in [9.17, 15) is 14.7 Å². The number of carbonyl (C=O) groups is 2. The zero-order valence-corrected chi connectivity index (χ0v) is 9.66. The standard InChI is InChI=1S/C11H19NO4/c1-2-16-11(15)9(8-10(13)14)12-6-4-3-5-7-12/h9H,2-8H2,1H3,(H,13,14)/t9-/m0/s1. The number of ether oxygens (including phenoxy) is 1. The first-order valence-electron chi connectivity index (χ1n) is 5.86. The molecule has 92 valence electrons. The largest absolute Gasteiger partial charge is 0.550 e. The lowest BCUT2D eigenvalue weighted by molar-refractivity contribution is -0.921. The van der Waals surface area contributed by atoms with Gasteiger partial charge in [0, 0.05) is 5.97 Å². The maximum atomic E-state index is 11.6. The Morgan fingerprint density at radius 1 is 1.31 bits per heavy atom. The van der Waals surface area contributed by atoms with Crippen molar-refractivity contribution in [2.75, 3.05) is 19.7 Å². The third-order valence-corrected chi connectivity index (χ3v) is 2.93. The number of hydrogen-bond acceptors (Lipinski definition) is 4. The van der Waals surface area contributed by atoms with E-state index in [-0.39, 0.29) is 13.0 Å². The van der Waals surface area contributed by atoms with Gasteiger partial charge < -0.3 is 19.5 Å². The third-order valence-electron chi connectivity index (χ3n) is 2.93. The van der Waals surface area contributed by atoms with E-state index in [1.807, 2.05) is 0 Å². The van der Waals surface area contributed by atoms with Crippen molar-refractivity contribution in [1.29, 1.82) is 0 Å². The quantitative estimate of drug-likeness (QED) is 0.561. The van der Waals surface area contributed by atoms with Gasteiger partial charge in [0.05, 0.1) is 26.1 Å². The number of nitrogens with one attached hydrogen (secondary N) is 1. The molecule has 5 nitrogen and oxygen atoms in total. The van der Waals surface area contributed by atoms with Crippen molar-refractivity contribution in [2.24, 2.45) is 0 Å². The van der Waals surface area contributed by atoms with E-state index < -0.39 is 18.0 Å². The molecule has 0 aromatic rings. The van der Waals surface area contributed by atoms with Crippen LogP contribution in [0.2, 0.25) is 0 Å². The summed E-state index contributed by atoms with van der Waals surface area (Å²) in [5.74, 6) is -1.60. The average Bonchev–Trinajstić information content (AvgIpc) is 2.27. The number of hydrogen-bond donors (Lipinski definition) is 1. The highest BCUT2D eigenvalue weighted by Gasteiger charge is 2.32. The van der Waals surface area contributed by atoms with E-state index in [1.54, 1.807) is 6.92 Å². The summed E-state index contributed by atoms with van der Waals surface area (Å²) in [6.45, 7) is 3.70. The Morgan fingerprint density at radius 3 is 2.44 bits per heavy atom. The molecule has 0 saturated carbocycles. The number of piperidine rings is 1. The number of aliphatic carboxylic acids is 1. The fourth-order valence-corrected chi connectivity index (χ4v) is 2.16. The summed E-state index contributed by atoms with van der Waals surface area (Å²) in [7, 11) is 0. The van der Waals surface area contributed by atoms with Gasteiger partial charge in [-0.05, 0) is 26.2 Å². The van der Waals surface area contributed by atoms with E-state index in [2.05, 4.69) is 0 Å². The number of rotatable bonds is 5. The number of carboxylic acids is 1. The molecule has 0 amide bonds. The van der Waals surface area contributed by atoms with Gasteiger partial charge in [-0.3, -0.25) is 0 Å². The van der Waals surface area contributed by atoms with E-state index >= 15 is 0 Å². The Hall–Kier alpha value is -1.10. The van der Waals surface area contributed by atoms with Crippen LogP contribution in [0.1, 0.15) is 32.6 Å². The molecule has 1 rings (SSSR count). The van der Waals surface area contributed by atoms with Gasteiger partial charge in [-0.15, -0.1) is 0 Å². The van der Waals surface area contributed by atoms with Crippen molar-refractivity contribution >= 4 is 11.9 Å². The highest BCUT2D eigenvalue weighted by Crippen LogP contribution is 1.99. The summed E-state index contributed by atoms with van der Waals surface area (Å²) < 4.78 is 4.91. The molecule has 16 heavy (non-hydrogen) atoms. The van der Waals surface area contributed by atoms with Crippen LogP contribution in [0.3, 0.4) is 0 Å². The molecule has 1 fully saturated rings. The number of quaternary nitrogens is 1. The molecule has 1 atom stereocenters. The van der Waals surface area contributed by atoms with Gasteiger partial charge in [0.2, 0.25) is 0 Å². The Balaban J connectivity index is 2.60. The number of esters is 1. The first-order chi connectivity index (χ1) is 7.65. The van der Waals surface area contributed by atoms with Gasteiger partial charge >= 0.3 is 5.97 Å². The molecule has 0 spiro atoms. The second-order valence-corrected chi connectivity index (χ2v) is 4.10. The molecule has 1 aliphatic heterocycles. The van der Waals surface area contributed by atoms with Gasteiger partial charge in [-0.1, -0.05) is 0 Å². The van der Waals surface area contributed by atoms with Crippen molar-refractivity contribution in [1.82, 2.24) is 0 Å². The summed E-state index contributed by atoms with van der Waals surface area (Å²) in [5.41, 5.74) is 0. The highest BCUT2D eigenvalue weighted by atomic mass is 16.5. The summed E-state index contributed by atoms with van der Waals surface area (Å²) in [5, 5.41) is 10.6. The molecule has 1 N–H and O–H groups in total. The Kier molecular flexibility index (Phi) is 5.25. The summed E-state index contributed by atoms with van der Waals surface area (Å²) in [4.78, 5) is 23.3. The van der Waals surface area contributed by atoms with Crippen molar-refractivity contribution in [3.05, 3.63) is 0 Å². The second kappa shape index (κ2) is 6.48. The molecule has 1 saturated heterocycles. The average molecular weight is 229 g/mol. The predicted molar refractivity (Wildman–Crippen MR) is 54.6 cm³/mol. The van der Waals surface area contributed by atoms with Crippen LogP contribution < -0.4 is 10.0 Å². The van der Waals surface area contributed by atoms with Gasteiger partial charge in [0.15, 0.2) is 6.04 Å². The molecule has 5 heteroatoms. The third kappa shape index (κ3) is 3.81. The lowest BCUT2D eigenvalue weighted by Gasteiger charge is -2.30. The number of carboxylic acid groups (broad SMARTS) is 1. The maximum Gasteiger partial charge on any atom is 0.365 e. The van der Waals surface area contributed by atoms with Gasteiger partial charge in [-0.2, -0.15) is 0 Å². The fourth-order valence-electron chi connectivity index (χ4n) is 2.16. The van der Waals surface area contributed by atoms with Crippen LogP contribution in [0.5, 0.6) is 0 Å². The van der Waals surface area contributed by atoms with Crippen LogP contribution in [0.25, 0.3) is 0 Å². The Morgan fingerprint density at radius 2 is 1.94 bits per heavy atom. The Bertz CT molecular complexity index is 248. The van der Waals surface area contributed by atoms with Crippen LogP contribution in [0.4, 0.5) is 0 Å². The van der Waals surface area contributed by atoms with Crippen molar-refractivity contribution < 1.29 is 24.3 Å². The van der Waals surface area contributed by atoms with Gasteiger partial charge in [0.25, 0.3) is 0 Å². The van der Waals surface area contributed by atoms with Crippen molar-refractivity contribution in [3.63, 3.8) is 0 Å². The minimum absolute atomic E-state index is 0.242. The minimum Gasteiger partial charge on any atom is -0.550 e. The van der Waals surface area contributed by atoms with Crippen LogP contribution >= 0.6 is 0 Å². The zero-order valence-electron chi connectivity index (χ0n) is 9.66. The first kappa shape index (κ1) is 13.0. The highest BCUT2D eigenvalue weighted by molar-refractivity contribution is 5.79. The van der Waals surface area contributed by atoms with E-state index in [0.29, 0.717) is 0 Å². The van der Waals surface area contributed by atoms with Crippen molar-refractivity contribution in [2.45, 2.75) is 38.6 Å². The lowest BCUT2D eigenvalue weighted by atomic mass is 10.1. The molecular weight excluding hydrogens is 210 g/mol. The van der Waals surface area contributed by atoms with E-state index in [0.717, 1.165) is 37.3 Å². The second-order valence-electron chi connectivity index (χ2n) is 4.10. The molecule has 1 aliphatic rings. The number of carbonyl (C=O) groups excluding carboxylic acids is 2. The van der Waals surface area contributed by atoms with Crippen LogP contribution in [0.15, 0.2) is 0 Å². The molecule has 0 aromatic carbocycles. The predicted octanol–water partition coefficient (Wildman–Crippen LogP) is -1.87. The molecular formula is C11H19NO4. The number of likely N-dealkylation sites (tertiary alicyclic amines) is 1. The van der Waals surface area contributed by atoms with E-state index in [4.69, 9.17) is 4.74 Å². The lowest BCUT2D eigenvalue weighted by Crippen LogP contribution is -3.17. The summed E-state index contributed by atoms with van der Waals surface area (Å²) >= 11 is 0. The SMILES string of the molecule is CCOC(=O)[C@H](CC(=O)[O-])[NH+]1CCCCC1. The monoisotopic (exact) mass is 229 g/mol. The zero-order chi connectivity index (χ0) is 12.0. The van der Waals surface area contributed by atoms with Crippen molar-refractivity contribution in [3.8, 4) is 0 Å². The smallest absolute Gasteiger partial charge is 0.365 e. The maximum absolute atomic E-state index is 11.6. The molecule has 0 aliphatic carbocycles. The van der Waals surface area contributed by atoms with Gasteiger partial charge in [0.1, 0.15) is 0 Å². The minimum atomic E-state index is -1.18. The molecule has 0 bridgehead atoms. The topological polar surface area (TPSA) is 70.9 Å². The fraction of sp³-hybridized carbons (Fsp3) is 0.818. The summed E-state index contributed by atoms with van der Waals surface area (Å²) in [6, 6.07) is -0.592. The van der Waals surface area contributed by atoms with E-state index in [1.165, 1.54) is 0 Å². The summed E-state index contributed by atoms with van der Waals surface area (Å²) in [6.07, 6.45) is 3.00. The normalized spacial score (nSPS) is 19.1. The molecule has 0 unspecified atom stereocenters. The van der Waals surface area contributed by atoms with Gasteiger partial charge in [-0.25, -0.2) is 4.79 Å². The molecule has 0 radical (unpaired) electrons. The van der Waals surface area contributed by atoms with Crippen LogP contribution in [0, 0.1) is 0 Å². The molecule has 1 heterocycles. The molecule has 0 aromatic heterocycles.